The molecule has 0 aromatic rings. The Labute approximate surface area is 98.6 Å². The summed E-state index contributed by atoms with van der Waals surface area (Å²) in [5, 5.41) is 0. The summed E-state index contributed by atoms with van der Waals surface area (Å²) in [5.41, 5.74) is 0. The Morgan fingerprint density at radius 1 is 1.44 bits per heavy atom. The SMILES string of the molecule is CCCCO[P+](=O)O.CCN1C=CN(C)C1. The van der Waals surface area contributed by atoms with Crippen molar-refractivity contribution >= 4 is 8.25 Å². The van der Waals surface area contributed by atoms with Crippen molar-refractivity contribution < 1.29 is 14.0 Å². The molecule has 5 nitrogen and oxygen atoms in total. The highest BCUT2D eigenvalue weighted by atomic mass is 31.1. The third-order valence-corrected chi connectivity index (χ3v) is 2.45. The van der Waals surface area contributed by atoms with Crippen LogP contribution in [0.3, 0.4) is 0 Å². The summed E-state index contributed by atoms with van der Waals surface area (Å²) in [4.78, 5) is 12.5. The van der Waals surface area contributed by atoms with Gasteiger partial charge in [0.2, 0.25) is 0 Å². The number of rotatable bonds is 5. The minimum absolute atomic E-state index is 0.391. The van der Waals surface area contributed by atoms with Crippen LogP contribution in [0.15, 0.2) is 12.4 Å². The molecule has 1 unspecified atom stereocenters. The lowest BCUT2D eigenvalue weighted by molar-refractivity contribution is 0.276. The van der Waals surface area contributed by atoms with Crippen LogP contribution in [0, 0.1) is 0 Å². The van der Waals surface area contributed by atoms with E-state index in [0.29, 0.717) is 6.61 Å². The fraction of sp³-hybridized carbons (Fsp3) is 0.800. The van der Waals surface area contributed by atoms with Crippen molar-refractivity contribution in [1.82, 2.24) is 9.80 Å². The highest BCUT2D eigenvalue weighted by Gasteiger charge is 2.09. The molecule has 1 N–H and O–H groups in total. The molecule has 0 aromatic heterocycles. The largest absolute Gasteiger partial charge is 0.694 e. The van der Waals surface area contributed by atoms with Gasteiger partial charge < -0.3 is 9.80 Å². The molecule has 0 bridgehead atoms. The molecule has 0 aliphatic carbocycles. The molecule has 0 aromatic carbocycles. The molecular weight excluding hydrogens is 227 g/mol. The van der Waals surface area contributed by atoms with Gasteiger partial charge in [0, 0.05) is 30.6 Å². The van der Waals surface area contributed by atoms with Crippen LogP contribution in [0.5, 0.6) is 0 Å². The van der Waals surface area contributed by atoms with E-state index in [4.69, 9.17) is 4.89 Å². The van der Waals surface area contributed by atoms with Crippen LogP contribution in [-0.4, -0.2) is 41.6 Å². The van der Waals surface area contributed by atoms with Gasteiger partial charge in [-0.1, -0.05) is 13.3 Å². The first-order chi connectivity index (χ1) is 7.60. The molecule has 6 heteroatoms. The van der Waals surface area contributed by atoms with Crippen molar-refractivity contribution in [2.75, 3.05) is 26.9 Å². The van der Waals surface area contributed by atoms with Gasteiger partial charge in [0.1, 0.15) is 6.61 Å². The summed E-state index contributed by atoms with van der Waals surface area (Å²) in [6.07, 6.45) is 6.04. The van der Waals surface area contributed by atoms with Crippen LogP contribution < -0.4 is 0 Å². The van der Waals surface area contributed by atoms with Crippen LogP contribution in [0.4, 0.5) is 0 Å². The third-order valence-electron chi connectivity index (χ3n) is 2.04. The number of unbranched alkanes of at least 4 members (excludes halogenated alkanes) is 1. The second kappa shape index (κ2) is 9.58. The smallest absolute Gasteiger partial charge is 0.362 e. The van der Waals surface area contributed by atoms with E-state index in [9.17, 15) is 4.57 Å². The lowest BCUT2D eigenvalue weighted by Gasteiger charge is -2.14. The summed E-state index contributed by atoms with van der Waals surface area (Å²) in [7, 11) is -0.287. The predicted octanol–water partition coefficient (Wildman–Crippen LogP) is 2.14. The molecule has 0 saturated carbocycles. The lowest BCUT2D eigenvalue weighted by Crippen LogP contribution is -2.21. The molecule has 0 saturated heterocycles. The molecule has 0 fully saturated rings. The zero-order valence-electron chi connectivity index (χ0n) is 10.3. The van der Waals surface area contributed by atoms with E-state index < -0.39 is 8.25 Å². The van der Waals surface area contributed by atoms with Gasteiger partial charge in [0.25, 0.3) is 0 Å². The molecule has 16 heavy (non-hydrogen) atoms. The second-order valence-corrected chi connectivity index (χ2v) is 4.26. The molecule has 0 amide bonds. The number of hydrogen-bond acceptors (Lipinski definition) is 4. The molecule has 1 rings (SSSR count). The van der Waals surface area contributed by atoms with Crippen molar-refractivity contribution in [3.8, 4) is 0 Å². The van der Waals surface area contributed by atoms with Gasteiger partial charge in [0.05, 0.1) is 6.67 Å². The van der Waals surface area contributed by atoms with Gasteiger partial charge in [-0.15, -0.1) is 9.42 Å². The predicted molar refractivity (Wildman–Crippen MR) is 64.8 cm³/mol. The Morgan fingerprint density at radius 3 is 2.44 bits per heavy atom. The summed E-state index contributed by atoms with van der Waals surface area (Å²) in [6.45, 7) is 6.71. The van der Waals surface area contributed by atoms with E-state index >= 15 is 0 Å². The van der Waals surface area contributed by atoms with E-state index in [2.05, 4.69) is 40.7 Å². The minimum atomic E-state index is -2.36. The Balaban J connectivity index is 0.000000281. The molecular formula is C10H22N2O3P+. The molecule has 0 radical (unpaired) electrons. The molecule has 1 aliphatic rings. The normalized spacial score (nSPS) is 14.9. The highest BCUT2D eigenvalue weighted by molar-refractivity contribution is 7.32. The lowest BCUT2D eigenvalue weighted by atomic mass is 10.4. The first-order valence-corrected chi connectivity index (χ1v) is 6.64. The van der Waals surface area contributed by atoms with Gasteiger partial charge in [-0.2, -0.15) is 0 Å². The second-order valence-electron chi connectivity index (χ2n) is 3.53. The average Bonchev–Trinajstić information content (AvgIpc) is 2.65. The fourth-order valence-electron chi connectivity index (χ4n) is 1.08. The molecule has 1 atom stereocenters. The van der Waals surface area contributed by atoms with Gasteiger partial charge in [-0.25, -0.2) is 0 Å². The van der Waals surface area contributed by atoms with Crippen molar-refractivity contribution in [2.45, 2.75) is 26.7 Å². The zero-order valence-corrected chi connectivity index (χ0v) is 11.2. The standard InChI is InChI=1S/C6H12N2.C4H9O3P/c1-3-8-5-4-7(2)6-8;1-2-3-4-7-8(5)6/h4-5H,3,6H2,1-2H3;2-4H2,1H3/p+1. The summed E-state index contributed by atoms with van der Waals surface area (Å²) >= 11 is 0. The Morgan fingerprint density at radius 2 is 2.12 bits per heavy atom. The van der Waals surface area contributed by atoms with Crippen molar-refractivity contribution in [1.29, 1.82) is 0 Å². The highest BCUT2D eigenvalue weighted by Crippen LogP contribution is 2.14. The first kappa shape index (κ1) is 15.4. The van der Waals surface area contributed by atoms with E-state index in [1.54, 1.807) is 0 Å². The topological polar surface area (TPSA) is 53.0 Å². The summed E-state index contributed by atoms with van der Waals surface area (Å²) < 4.78 is 14.1. The maximum atomic E-state index is 9.80. The van der Waals surface area contributed by atoms with Crippen molar-refractivity contribution in [3.63, 3.8) is 0 Å². The van der Waals surface area contributed by atoms with Crippen LogP contribution >= 0.6 is 8.25 Å². The van der Waals surface area contributed by atoms with E-state index in [1.165, 1.54) is 0 Å². The summed E-state index contributed by atoms with van der Waals surface area (Å²) in [5.74, 6) is 0. The first-order valence-electron chi connectivity index (χ1n) is 5.51. The summed E-state index contributed by atoms with van der Waals surface area (Å²) in [6, 6.07) is 0. The minimum Gasteiger partial charge on any atom is -0.362 e. The third kappa shape index (κ3) is 8.65. The fourth-order valence-corrected chi connectivity index (χ4v) is 1.37. The molecule has 94 valence electrons. The monoisotopic (exact) mass is 249 g/mol. The Kier molecular flexibility index (Phi) is 9.19. The van der Waals surface area contributed by atoms with E-state index in [1.807, 2.05) is 6.92 Å². The van der Waals surface area contributed by atoms with Crippen molar-refractivity contribution in [2.24, 2.45) is 0 Å². The van der Waals surface area contributed by atoms with Crippen LogP contribution in [0.1, 0.15) is 26.7 Å². The zero-order chi connectivity index (χ0) is 12.4. The number of hydrogen-bond donors (Lipinski definition) is 1. The molecule has 0 spiro atoms. The number of nitrogens with zero attached hydrogens (tertiary/aromatic N) is 2. The van der Waals surface area contributed by atoms with Crippen molar-refractivity contribution in [3.05, 3.63) is 12.4 Å². The van der Waals surface area contributed by atoms with Gasteiger partial charge >= 0.3 is 8.25 Å². The van der Waals surface area contributed by atoms with Gasteiger partial charge in [-0.3, -0.25) is 0 Å². The van der Waals surface area contributed by atoms with Gasteiger partial charge in [0.15, 0.2) is 0 Å². The maximum Gasteiger partial charge on any atom is 0.694 e. The quantitative estimate of drug-likeness (QED) is 0.597. The average molecular weight is 249 g/mol. The Hall–Kier alpha value is -0.640. The maximum absolute atomic E-state index is 9.80. The Bertz CT molecular complexity index is 224. The van der Waals surface area contributed by atoms with E-state index in [-0.39, 0.29) is 0 Å². The van der Waals surface area contributed by atoms with Crippen LogP contribution in [0.25, 0.3) is 0 Å². The van der Waals surface area contributed by atoms with Gasteiger partial charge in [-0.05, 0) is 13.3 Å². The van der Waals surface area contributed by atoms with E-state index in [0.717, 1.165) is 26.1 Å². The molecule has 1 aliphatic heterocycles. The molecule has 1 heterocycles. The van der Waals surface area contributed by atoms with Crippen LogP contribution in [-0.2, 0) is 9.09 Å². The van der Waals surface area contributed by atoms with Crippen LogP contribution in [0.2, 0.25) is 0 Å².